The molecule has 0 aliphatic heterocycles. The number of aryl methyl sites for hydroxylation is 1. The summed E-state index contributed by atoms with van der Waals surface area (Å²) in [7, 11) is 3.17. The van der Waals surface area contributed by atoms with Crippen LogP contribution < -0.4 is 10.6 Å². The highest BCUT2D eigenvalue weighted by Gasteiger charge is 2.40. The predicted octanol–water partition coefficient (Wildman–Crippen LogP) is 2.30. The van der Waals surface area contributed by atoms with Crippen molar-refractivity contribution in [3.63, 3.8) is 0 Å². The quantitative estimate of drug-likeness (QED) is 0.528. The van der Waals surface area contributed by atoms with Crippen molar-refractivity contribution >= 4 is 17.4 Å². The third-order valence-electron chi connectivity index (χ3n) is 4.81. The van der Waals surface area contributed by atoms with Gasteiger partial charge in [0.05, 0.1) is 23.0 Å². The van der Waals surface area contributed by atoms with Crippen LogP contribution in [-0.4, -0.2) is 47.0 Å². The molecular weight excluding hydrogens is 374 g/mol. The van der Waals surface area contributed by atoms with Crippen molar-refractivity contribution < 1.29 is 24.2 Å². The van der Waals surface area contributed by atoms with Gasteiger partial charge in [-0.1, -0.05) is 13.0 Å². The van der Waals surface area contributed by atoms with Crippen LogP contribution in [0.25, 0.3) is 0 Å². The first-order valence-corrected chi connectivity index (χ1v) is 9.34. The Morgan fingerprint density at radius 3 is 2.59 bits per heavy atom. The van der Waals surface area contributed by atoms with Crippen LogP contribution in [0.4, 0.5) is 5.69 Å². The summed E-state index contributed by atoms with van der Waals surface area (Å²) in [5.41, 5.74) is 0.776. The summed E-state index contributed by atoms with van der Waals surface area (Å²) in [6.45, 7) is 3.80. The third kappa shape index (κ3) is 3.84. The van der Waals surface area contributed by atoms with E-state index < -0.39 is 11.9 Å². The molecule has 2 aromatic rings. The number of hydrogen-bond acceptors (Lipinski definition) is 7. The molecule has 0 bridgehead atoms. The minimum absolute atomic E-state index is 0.111. The zero-order chi connectivity index (χ0) is 21.3. The van der Waals surface area contributed by atoms with E-state index in [1.807, 2.05) is 26.0 Å². The molecule has 1 aliphatic rings. The second-order valence-corrected chi connectivity index (χ2v) is 7.14. The van der Waals surface area contributed by atoms with Crippen molar-refractivity contribution in [1.82, 2.24) is 10.2 Å². The van der Waals surface area contributed by atoms with Gasteiger partial charge >= 0.3 is 0 Å². The largest absolute Gasteiger partial charge is 0.505 e. The molecule has 154 valence electrons. The Morgan fingerprint density at radius 2 is 2.00 bits per heavy atom. The Balaban J connectivity index is 1.89. The number of aliphatic hydroxyl groups excluding tert-OH is 1. The highest BCUT2D eigenvalue weighted by molar-refractivity contribution is 6.11. The van der Waals surface area contributed by atoms with Crippen molar-refractivity contribution in [1.29, 1.82) is 0 Å². The maximum atomic E-state index is 12.2. The monoisotopic (exact) mass is 399 g/mol. The molecule has 1 aliphatic carbocycles. The maximum Gasteiger partial charge on any atom is 0.257 e. The van der Waals surface area contributed by atoms with Crippen molar-refractivity contribution in [2.45, 2.75) is 32.4 Å². The number of amides is 1. The second-order valence-electron chi connectivity index (χ2n) is 7.14. The number of benzene rings is 1. The molecule has 4 N–H and O–H groups in total. The summed E-state index contributed by atoms with van der Waals surface area (Å²) in [6.07, 6.45) is -0.612. The number of ketones is 1. The Bertz CT molecular complexity index is 976. The first-order valence-electron chi connectivity index (χ1n) is 9.34. The van der Waals surface area contributed by atoms with E-state index in [9.17, 15) is 19.8 Å². The van der Waals surface area contributed by atoms with Crippen LogP contribution in [0, 0.1) is 6.92 Å². The fourth-order valence-electron chi connectivity index (χ4n) is 3.13. The molecule has 0 saturated carbocycles. The van der Waals surface area contributed by atoms with Gasteiger partial charge in [-0.05, 0) is 37.6 Å². The number of aliphatic hydroxyl groups is 1. The van der Waals surface area contributed by atoms with Gasteiger partial charge in [0.2, 0.25) is 5.78 Å². The van der Waals surface area contributed by atoms with E-state index in [1.165, 1.54) is 11.0 Å². The van der Waals surface area contributed by atoms with Gasteiger partial charge in [0, 0.05) is 14.1 Å². The molecule has 0 spiro atoms. The summed E-state index contributed by atoms with van der Waals surface area (Å²) in [5.74, 6) is 0.343. The number of nitrogens with zero attached hydrogens (tertiary/aromatic N) is 1. The van der Waals surface area contributed by atoms with E-state index in [1.54, 1.807) is 26.2 Å². The van der Waals surface area contributed by atoms with Crippen molar-refractivity contribution in [2.75, 3.05) is 19.4 Å². The van der Waals surface area contributed by atoms with Crippen LogP contribution >= 0.6 is 0 Å². The number of para-hydroxylation sites is 1. The van der Waals surface area contributed by atoms with Crippen LogP contribution in [-0.2, 0) is 4.79 Å². The maximum absolute atomic E-state index is 12.2. The predicted molar refractivity (Wildman–Crippen MR) is 107 cm³/mol. The fourth-order valence-corrected chi connectivity index (χ4v) is 3.13. The van der Waals surface area contributed by atoms with Crippen LogP contribution in [0.5, 0.6) is 5.75 Å². The Kier molecular flexibility index (Phi) is 5.65. The molecule has 1 amide bonds. The molecule has 1 heterocycles. The number of phenolic OH excluding ortho intramolecular Hbond substituents is 1. The molecule has 1 unspecified atom stereocenters. The normalized spacial score (nSPS) is 17.0. The van der Waals surface area contributed by atoms with E-state index in [0.717, 1.165) is 5.76 Å². The number of hydrogen-bond donors (Lipinski definition) is 4. The summed E-state index contributed by atoms with van der Waals surface area (Å²) in [5, 5.41) is 26.6. The minimum atomic E-state index is -1.28. The SMILES string of the molecule is CC[C@@H](NC1=C(Nc2cccc(C(=O)N(C)C)c2O)C(=O)C1O)c1ccc(C)o1. The van der Waals surface area contributed by atoms with Gasteiger partial charge in [-0.15, -0.1) is 0 Å². The average Bonchev–Trinajstić information content (AvgIpc) is 3.13. The van der Waals surface area contributed by atoms with Gasteiger partial charge in [0.25, 0.3) is 5.91 Å². The number of furan rings is 1. The van der Waals surface area contributed by atoms with E-state index in [0.29, 0.717) is 17.9 Å². The summed E-state index contributed by atoms with van der Waals surface area (Å²) >= 11 is 0. The van der Waals surface area contributed by atoms with Gasteiger partial charge in [0.1, 0.15) is 17.2 Å². The fraction of sp³-hybridized carbons (Fsp3) is 0.333. The summed E-state index contributed by atoms with van der Waals surface area (Å²) in [4.78, 5) is 25.8. The minimum Gasteiger partial charge on any atom is -0.505 e. The number of nitrogens with one attached hydrogen (secondary N) is 2. The van der Waals surface area contributed by atoms with E-state index in [-0.39, 0.29) is 34.6 Å². The first-order chi connectivity index (χ1) is 13.7. The van der Waals surface area contributed by atoms with Gasteiger partial charge in [0.15, 0.2) is 11.9 Å². The smallest absolute Gasteiger partial charge is 0.257 e. The molecular formula is C21H25N3O5. The van der Waals surface area contributed by atoms with Crippen LogP contribution in [0.15, 0.2) is 46.1 Å². The van der Waals surface area contributed by atoms with Crippen LogP contribution in [0.1, 0.15) is 41.3 Å². The van der Waals surface area contributed by atoms with Crippen LogP contribution in [0.2, 0.25) is 0 Å². The molecule has 0 fully saturated rings. The zero-order valence-corrected chi connectivity index (χ0v) is 16.8. The molecule has 8 nitrogen and oxygen atoms in total. The lowest BCUT2D eigenvalue weighted by molar-refractivity contribution is -0.124. The van der Waals surface area contributed by atoms with Gasteiger partial charge in [-0.25, -0.2) is 0 Å². The number of carbonyl (C=O) groups is 2. The molecule has 0 saturated heterocycles. The summed E-state index contributed by atoms with van der Waals surface area (Å²) in [6, 6.07) is 8.12. The molecule has 29 heavy (non-hydrogen) atoms. The molecule has 2 atom stereocenters. The van der Waals surface area contributed by atoms with E-state index >= 15 is 0 Å². The molecule has 8 heteroatoms. The number of aromatic hydroxyl groups is 1. The highest BCUT2D eigenvalue weighted by atomic mass is 16.3. The van der Waals surface area contributed by atoms with Crippen molar-refractivity contribution in [3.8, 4) is 5.75 Å². The number of phenols is 1. The number of carbonyl (C=O) groups excluding carboxylic acids is 2. The second kappa shape index (κ2) is 8.00. The lowest BCUT2D eigenvalue weighted by atomic mass is 9.93. The van der Waals surface area contributed by atoms with E-state index in [2.05, 4.69) is 10.6 Å². The highest BCUT2D eigenvalue weighted by Crippen LogP contribution is 2.34. The topological polar surface area (TPSA) is 115 Å². The Hall–Kier alpha value is -3.26. The van der Waals surface area contributed by atoms with Crippen LogP contribution in [0.3, 0.4) is 0 Å². The standard InChI is InChI=1S/C21H25N3O5/c1-5-13(15-10-9-11(2)29-15)22-16-17(20(27)19(16)26)23-14-8-6-7-12(18(14)25)21(28)24(3)4/h6-10,13,19,22-23,25-26H,5H2,1-4H3/t13-,19?/m1/s1. The Morgan fingerprint density at radius 1 is 1.28 bits per heavy atom. The lowest BCUT2D eigenvalue weighted by Gasteiger charge is -2.32. The zero-order valence-electron chi connectivity index (χ0n) is 16.8. The van der Waals surface area contributed by atoms with Crippen molar-refractivity contribution in [2.24, 2.45) is 0 Å². The average molecular weight is 399 g/mol. The molecule has 0 radical (unpaired) electrons. The number of Topliss-reactive ketones (excluding diaryl/α,β-unsaturated/α-hetero) is 1. The molecule has 1 aromatic heterocycles. The first kappa shape index (κ1) is 20.5. The van der Waals surface area contributed by atoms with Gasteiger partial charge in [-0.3, -0.25) is 9.59 Å². The molecule has 1 aromatic carbocycles. The Labute approximate surface area is 168 Å². The van der Waals surface area contributed by atoms with Gasteiger partial charge in [-0.2, -0.15) is 0 Å². The summed E-state index contributed by atoms with van der Waals surface area (Å²) < 4.78 is 5.65. The van der Waals surface area contributed by atoms with Gasteiger partial charge < -0.3 is 30.2 Å². The van der Waals surface area contributed by atoms with Crippen molar-refractivity contribution in [3.05, 3.63) is 58.8 Å². The lowest BCUT2D eigenvalue weighted by Crippen LogP contribution is -2.46. The number of rotatable bonds is 7. The molecule has 3 rings (SSSR count). The van der Waals surface area contributed by atoms with E-state index in [4.69, 9.17) is 4.42 Å². The third-order valence-corrected chi connectivity index (χ3v) is 4.81. The number of anilines is 1.